The second kappa shape index (κ2) is 9.28. The number of rotatable bonds is 5. The maximum Gasteiger partial charge on any atom is 0.338 e. The molecular formula is C27H26N2O5S. The number of hydrogen-bond acceptors (Lipinski definition) is 5. The Morgan fingerprint density at radius 1 is 0.914 bits per heavy atom. The molecule has 0 saturated heterocycles. The van der Waals surface area contributed by atoms with Crippen LogP contribution >= 0.6 is 0 Å². The minimum Gasteiger partial charge on any atom is -0.452 e. The summed E-state index contributed by atoms with van der Waals surface area (Å²) in [5, 5.41) is 0. The first-order chi connectivity index (χ1) is 16.8. The molecule has 35 heavy (non-hydrogen) atoms. The lowest BCUT2D eigenvalue weighted by Crippen LogP contribution is -2.38. The number of benzene rings is 3. The van der Waals surface area contributed by atoms with E-state index in [2.05, 4.69) is 0 Å². The maximum absolute atomic E-state index is 13.1. The quantitative estimate of drug-likeness (QED) is 0.511. The molecule has 0 fully saturated rings. The molecule has 0 radical (unpaired) electrons. The van der Waals surface area contributed by atoms with Crippen molar-refractivity contribution in [2.75, 3.05) is 18.1 Å². The zero-order valence-electron chi connectivity index (χ0n) is 19.4. The summed E-state index contributed by atoms with van der Waals surface area (Å²) in [6.07, 6.45) is 1.42. The molecule has 1 atom stereocenters. The summed E-state index contributed by atoms with van der Waals surface area (Å²) < 4.78 is 33.0. The van der Waals surface area contributed by atoms with Crippen molar-refractivity contribution in [3.8, 4) is 0 Å². The van der Waals surface area contributed by atoms with Gasteiger partial charge in [0.25, 0.3) is 5.91 Å². The van der Waals surface area contributed by atoms with E-state index in [9.17, 15) is 18.0 Å². The topological polar surface area (TPSA) is 84.0 Å². The first-order valence-electron chi connectivity index (χ1n) is 11.6. The number of esters is 1. The molecule has 3 aromatic rings. The molecule has 0 unspecified atom stereocenters. The van der Waals surface area contributed by atoms with E-state index in [1.165, 1.54) is 34.1 Å². The van der Waals surface area contributed by atoms with Gasteiger partial charge < -0.3 is 9.64 Å². The zero-order chi connectivity index (χ0) is 24.6. The highest BCUT2D eigenvalue weighted by atomic mass is 32.2. The molecule has 2 heterocycles. The highest BCUT2D eigenvalue weighted by Gasteiger charge is 2.31. The number of ether oxygens (including phenoxy) is 1. The Kier molecular flexibility index (Phi) is 6.17. The average Bonchev–Trinajstić information content (AvgIpc) is 3.22. The van der Waals surface area contributed by atoms with Gasteiger partial charge in [-0.1, -0.05) is 42.5 Å². The highest BCUT2D eigenvalue weighted by Crippen LogP contribution is 2.32. The van der Waals surface area contributed by atoms with Crippen LogP contribution in [0, 0.1) is 0 Å². The molecule has 7 nitrogen and oxygen atoms in total. The van der Waals surface area contributed by atoms with Crippen LogP contribution in [0.15, 0.2) is 77.7 Å². The van der Waals surface area contributed by atoms with Crippen molar-refractivity contribution in [3.05, 3.63) is 95.1 Å². The summed E-state index contributed by atoms with van der Waals surface area (Å²) in [5.41, 5.74) is 4.29. The third-order valence-corrected chi connectivity index (χ3v) is 8.49. The van der Waals surface area contributed by atoms with Gasteiger partial charge >= 0.3 is 5.97 Å². The van der Waals surface area contributed by atoms with Crippen molar-refractivity contribution in [1.29, 1.82) is 0 Å². The Hall–Kier alpha value is -3.49. The van der Waals surface area contributed by atoms with Crippen LogP contribution in [0.3, 0.4) is 0 Å². The van der Waals surface area contributed by atoms with Crippen LogP contribution < -0.4 is 4.90 Å². The van der Waals surface area contributed by atoms with Crippen molar-refractivity contribution in [3.63, 3.8) is 0 Å². The lowest BCUT2D eigenvalue weighted by Gasteiger charge is -2.28. The minimum atomic E-state index is -3.70. The number of amides is 1. The molecule has 0 spiro atoms. The summed E-state index contributed by atoms with van der Waals surface area (Å²) in [4.78, 5) is 27.1. The van der Waals surface area contributed by atoms with Crippen LogP contribution in [0.25, 0.3) is 0 Å². The van der Waals surface area contributed by atoms with Gasteiger partial charge in [-0.2, -0.15) is 4.31 Å². The number of para-hydroxylation sites is 1. The van der Waals surface area contributed by atoms with Gasteiger partial charge in [0, 0.05) is 24.8 Å². The van der Waals surface area contributed by atoms with Gasteiger partial charge in [-0.3, -0.25) is 4.79 Å². The van der Waals surface area contributed by atoms with E-state index < -0.39 is 16.0 Å². The number of fused-ring (bicyclic) bond motifs is 2. The van der Waals surface area contributed by atoms with Crippen LogP contribution in [0.5, 0.6) is 0 Å². The smallest absolute Gasteiger partial charge is 0.338 e. The van der Waals surface area contributed by atoms with Gasteiger partial charge in [-0.05, 0) is 66.8 Å². The molecule has 0 bridgehead atoms. The van der Waals surface area contributed by atoms with Gasteiger partial charge in [0.05, 0.1) is 10.5 Å². The highest BCUT2D eigenvalue weighted by molar-refractivity contribution is 7.89. The molecule has 0 aliphatic carbocycles. The Morgan fingerprint density at radius 3 is 2.31 bits per heavy atom. The van der Waals surface area contributed by atoms with E-state index in [1.807, 2.05) is 55.5 Å². The van der Waals surface area contributed by atoms with Gasteiger partial charge in [0.1, 0.15) is 0 Å². The van der Waals surface area contributed by atoms with Crippen molar-refractivity contribution in [1.82, 2.24) is 4.31 Å². The lowest BCUT2D eigenvalue weighted by molar-refractivity contribution is -0.122. The average molecular weight is 491 g/mol. The fourth-order valence-corrected chi connectivity index (χ4v) is 6.23. The Morgan fingerprint density at radius 2 is 1.57 bits per heavy atom. The predicted octanol–water partition coefficient (Wildman–Crippen LogP) is 3.57. The van der Waals surface area contributed by atoms with Crippen LogP contribution in [0.1, 0.15) is 34.0 Å². The largest absolute Gasteiger partial charge is 0.452 e. The molecule has 1 amide bonds. The number of nitrogens with zero attached hydrogens (tertiary/aromatic N) is 2. The molecule has 2 aliphatic heterocycles. The fraction of sp³-hybridized carbons (Fsp3) is 0.259. The first kappa shape index (κ1) is 23.3. The molecule has 5 rings (SSSR count). The van der Waals surface area contributed by atoms with Crippen LogP contribution in [-0.2, 0) is 38.9 Å². The van der Waals surface area contributed by atoms with E-state index in [0.29, 0.717) is 19.5 Å². The lowest BCUT2D eigenvalue weighted by atomic mass is 10.0. The fourth-order valence-electron chi connectivity index (χ4n) is 4.81. The van der Waals surface area contributed by atoms with E-state index >= 15 is 0 Å². The summed E-state index contributed by atoms with van der Waals surface area (Å²) in [6.45, 7) is 2.30. The monoisotopic (exact) mass is 490 g/mol. The minimum absolute atomic E-state index is 0.00940. The molecular weight excluding hydrogens is 464 g/mol. The van der Waals surface area contributed by atoms with E-state index in [1.54, 1.807) is 4.90 Å². The molecule has 0 saturated carbocycles. The first-order valence-corrected chi connectivity index (χ1v) is 13.0. The van der Waals surface area contributed by atoms with Gasteiger partial charge in [0.15, 0.2) is 6.61 Å². The third kappa shape index (κ3) is 4.47. The summed E-state index contributed by atoms with van der Waals surface area (Å²) in [7, 11) is -3.70. The van der Waals surface area contributed by atoms with Gasteiger partial charge in [0.2, 0.25) is 10.0 Å². The van der Waals surface area contributed by atoms with Crippen LogP contribution in [-0.4, -0.2) is 43.8 Å². The standard InChI is InChI=1S/C27H26N2O5S/c1-19-16-22-7-4-5-9-25(22)29(19)26(30)18-34-27(31)21-10-12-24(13-11-21)35(32,33)28-15-14-20-6-2-3-8-23(20)17-28/h2-13,19H,14-18H2,1H3/t19-/m0/s1. The number of hydrogen-bond donors (Lipinski definition) is 0. The maximum atomic E-state index is 13.1. The van der Waals surface area contributed by atoms with Crippen molar-refractivity contribution >= 4 is 27.6 Å². The second-order valence-electron chi connectivity index (χ2n) is 8.90. The Balaban J connectivity index is 1.23. The molecule has 0 aromatic heterocycles. The third-order valence-electron chi connectivity index (χ3n) is 6.63. The Bertz CT molecular complexity index is 1380. The summed E-state index contributed by atoms with van der Waals surface area (Å²) >= 11 is 0. The van der Waals surface area contributed by atoms with Gasteiger partial charge in [-0.25, -0.2) is 13.2 Å². The van der Waals surface area contributed by atoms with Crippen LogP contribution in [0.2, 0.25) is 0 Å². The van der Waals surface area contributed by atoms with Crippen molar-refractivity contribution in [2.45, 2.75) is 37.2 Å². The SMILES string of the molecule is C[C@H]1Cc2ccccc2N1C(=O)COC(=O)c1ccc(S(=O)(=O)N2CCc3ccccc3C2)cc1. The number of carbonyl (C=O) groups excluding carboxylic acids is 2. The van der Waals surface area contributed by atoms with E-state index in [-0.39, 0.29) is 29.0 Å². The van der Waals surface area contributed by atoms with E-state index in [4.69, 9.17) is 4.74 Å². The molecule has 180 valence electrons. The number of carbonyl (C=O) groups is 2. The van der Waals surface area contributed by atoms with E-state index in [0.717, 1.165) is 23.2 Å². The Labute approximate surface area is 205 Å². The van der Waals surface area contributed by atoms with Gasteiger partial charge in [-0.15, -0.1) is 0 Å². The number of sulfonamides is 1. The molecule has 8 heteroatoms. The summed E-state index contributed by atoms with van der Waals surface area (Å²) in [5.74, 6) is -0.963. The van der Waals surface area contributed by atoms with Crippen LogP contribution in [0.4, 0.5) is 5.69 Å². The zero-order valence-corrected chi connectivity index (χ0v) is 20.2. The predicted molar refractivity (Wildman–Crippen MR) is 132 cm³/mol. The molecule has 0 N–H and O–H groups in total. The molecule has 3 aromatic carbocycles. The van der Waals surface area contributed by atoms with Crippen molar-refractivity contribution in [2.24, 2.45) is 0 Å². The normalized spacial score (nSPS) is 17.5. The summed E-state index contributed by atoms with van der Waals surface area (Å²) in [6, 6.07) is 21.2. The van der Waals surface area contributed by atoms with Crippen molar-refractivity contribution < 1.29 is 22.7 Å². The number of anilines is 1. The second-order valence-corrected chi connectivity index (χ2v) is 10.8. The molecule has 2 aliphatic rings.